The van der Waals surface area contributed by atoms with Crippen LogP contribution in [0.3, 0.4) is 0 Å². The highest BCUT2D eigenvalue weighted by atomic mass is 32.1. The lowest BCUT2D eigenvalue weighted by Gasteiger charge is -1.90. The first-order valence-corrected chi connectivity index (χ1v) is 3.71. The molecule has 0 fully saturated rings. The van der Waals surface area contributed by atoms with E-state index in [0.29, 0.717) is 0 Å². The molecule has 0 aliphatic rings. The van der Waals surface area contributed by atoms with Crippen LogP contribution in [0, 0.1) is 0 Å². The Hall–Kier alpha value is 0.0900. The lowest BCUT2D eigenvalue weighted by atomic mass is 10.2. The minimum atomic E-state index is 0.903. The highest BCUT2D eigenvalue weighted by Gasteiger charge is 1.80. The summed E-state index contributed by atoms with van der Waals surface area (Å²) in [5.74, 6) is 0.903. The fourth-order valence-electron chi connectivity index (χ4n) is 0.455. The van der Waals surface area contributed by atoms with Crippen LogP contribution < -0.4 is 0 Å². The van der Waals surface area contributed by atoms with Crippen molar-refractivity contribution >= 4 is 12.6 Å². The SMILES string of the molecule is CCCC=C(C)CS. The van der Waals surface area contributed by atoms with Gasteiger partial charge < -0.3 is 0 Å². The third kappa shape index (κ3) is 4.25. The molecule has 0 aliphatic heterocycles. The summed E-state index contributed by atoms with van der Waals surface area (Å²) in [6.45, 7) is 4.30. The number of allylic oxidation sites excluding steroid dienone is 1. The molecule has 0 atom stereocenters. The van der Waals surface area contributed by atoms with Crippen molar-refractivity contribution < 1.29 is 0 Å². The second-order valence-electron chi connectivity index (χ2n) is 2.00. The molecule has 0 radical (unpaired) electrons. The molecule has 0 aliphatic carbocycles. The Kier molecular flexibility index (Phi) is 5.29. The lowest BCUT2D eigenvalue weighted by Crippen LogP contribution is -1.74. The molecule has 0 heterocycles. The first kappa shape index (κ1) is 8.09. The van der Waals surface area contributed by atoms with Crippen molar-refractivity contribution in [2.75, 3.05) is 5.75 Å². The smallest absolute Gasteiger partial charge is 0.0110 e. The predicted octanol–water partition coefficient (Wildman–Crippen LogP) is 2.66. The van der Waals surface area contributed by atoms with Gasteiger partial charge >= 0.3 is 0 Å². The Balaban J connectivity index is 3.26. The molecule has 0 saturated carbocycles. The van der Waals surface area contributed by atoms with Crippen LogP contribution in [-0.4, -0.2) is 5.75 Å². The highest BCUT2D eigenvalue weighted by Crippen LogP contribution is 1.98. The standard InChI is InChI=1S/C7H14S/c1-3-4-5-7(2)6-8/h5,8H,3-4,6H2,1-2H3. The van der Waals surface area contributed by atoms with E-state index in [9.17, 15) is 0 Å². The summed E-state index contributed by atoms with van der Waals surface area (Å²) >= 11 is 4.12. The van der Waals surface area contributed by atoms with Gasteiger partial charge in [0, 0.05) is 5.75 Å². The van der Waals surface area contributed by atoms with Crippen LogP contribution in [0.25, 0.3) is 0 Å². The number of unbranched alkanes of at least 4 members (excludes halogenated alkanes) is 1. The minimum Gasteiger partial charge on any atom is -0.175 e. The summed E-state index contributed by atoms with van der Waals surface area (Å²) in [4.78, 5) is 0. The molecule has 0 spiro atoms. The van der Waals surface area contributed by atoms with Crippen molar-refractivity contribution in [1.29, 1.82) is 0 Å². The van der Waals surface area contributed by atoms with Gasteiger partial charge in [0.05, 0.1) is 0 Å². The van der Waals surface area contributed by atoms with E-state index >= 15 is 0 Å². The highest BCUT2D eigenvalue weighted by molar-refractivity contribution is 7.80. The normalized spacial score (nSPS) is 12.1. The second kappa shape index (κ2) is 5.23. The van der Waals surface area contributed by atoms with Crippen molar-refractivity contribution in [2.24, 2.45) is 0 Å². The monoisotopic (exact) mass is 130 g/mol. The average Bonchev–Trinajstić information content (AvgIpc) is 1.83. The molecule has 0 bridgehead atoms. The Labute approximate surface area is 57.4 Å². The van der Waals surface area contributed by atoms with Gasteiger partial charge in [-0.3, -0.25) is 0 Å². The molecular formula is C7H14S. The summed E-state index contributed by atoms with van der Waals surface area (Å²) in [6, 6.07) is 0. The predicted molar refractivity (Wildman–Crippen MR) is 42.5 cm³/mol. The van der Waals surface area contributed by atoms with Crippen LogP contribution >= 0.6 is 12.6 Å². The zero-order valence-corrected chi connectivity index (χ0v) is 6.54. The molecule has 0 aromatic rings. The van der Waals surface area contributed by atoms with E-state index in [1.54, 1.807) is 0 Å². The molecule has 0 rings (SSSR count). The first-order chi connectivity index (χ1) is 3.81. The fourth-order valence-corrected chi connectivity index (χ4v) is 0.584. The summed E-state index contributed by atoms with van der Waals surface area (Å²) in [5, 5.41) is 0. The van der Waals surface area contributed by atoms with Gasteiger partial charge in [0.25, 0.3) is 0 Å². The number of thiol groups is 1. The van der Waals surface area contributed by atoms with E-state index in [2.05, 4.69) is 32.6 Å². The topological polar surface area (TPSA) is 0 Å². The second-order valence-corrected chi connectivity index (χ2v) is 2.31. The molecule has 0 unspecified atom stereocenters. The molecule has 0 aromatic carbocycles. The van der Waals surface area contributed by atoms with E-state index in [1.165, 1.54) is 18.4 Å². The van der Waals surface area contributed by atoms with Gasteiger partial charge in [0.1, 0.15) is 0 Å². The third-order valence-corrected chi connectivity index (χ3v) is 1.53. The Morgan fingerprint density at radius 1 is 1.62 bits per heavy atom. The Morgan fingerprint density at radius 2 is 2.25 bits per heavy atom. The summed E-state index contributed by atoms with van der Waals surface area (Å²) in [5.41, 5.74) is 1.38. The van der Waals surface area contributed by atoms with Crippen LogP contribution in [0.15, 0.2) is 11.6 Å². The Bertz CT molecular complexity index is 74.5. The average molecular weight is 130 g/mol. The molecule has 0 amide bonds. The van der Waals surface area contributed by atoms with Crippen LogP contribution in [0.4, 0.5) is 0 Å². The molecular weight excluding hydrogens is 116 g/mol. The molecule has 1 heteroatoms. The zero-order chi connectivity index (χ0) is 6.41. The van der Waals surface area contributed by atoms with Crippen molar-refractivity contribution in [1.82, 2.24) is 0 Å². The lowest BCUT2D eigenvalue weighted by molar-refractivity contribution is 0.949. The van der Waals surface area contributed by atoms with E-state index in [1.807, 2.05) is 0 Å². The molecule has 0 nitrogen and oxygen atoms in total. The van der Waals surface area contributed by atoms with Gasteiger partial charge in [-0.1, -0.05) is 25.0 Å². The number of hydrogen-bond acceptors (Lipinski definition) is 1. The largest absolute Gasteiger partial charge is 0.175 e. The van der Waals surface area contributed by atoms with Gasteiger partial charge in [0.15, 0.2) is 0 Å². The summed E-state index contributed by atoms with van der Waals surface area (Å²) in [7, 11) is 0. The maximum Gasteiger partial charge on any atom is 0.0110 e. The summed E-state index contributed by atoms with van der Waals surface area (Å²) in [6.07, 6.45) is 4.69. The quantitative estimate of drug-likeness (QED) is 0.440. The van der Waals surface area contributed by atoms with Gasteiger partial charge in [-0.25, -0.2) is 0 Å². The molecule has 8 heavy (non-hydrogen) atoms. The van der Waals surface area contributed by atoms with E-state index < -0.39 is 0 Å². The van der Waals surface area contributed by atoms with Crippen LogP contribution in [-0.2, 0) is 0 Å². The molecule has 48 valence electrons. The molecule has 0 aromatic heterocycles. The molecule has 0 saturated heterocycles. The van der Waals surface area contributed by atoms with Gasteiger partial charge in [0.2, 0.25) is 0 Å². The maximum atomic E-state index is 4.12. The van der Waals surface area contributed by atoms with Gasteiger partial charge in [-0.05, 0) is 13.3 Å². The van der Waals surface area contributed by atoms with E-state index in [-0.39, 0.29) is 0 Å². The van der Waals surface area contributed by atoms with Crippen molar-refractivity contribution in [2.45, 2.75) is 26.7 Å². The van der Waals surface area contributed by atoms with Crippen LogP contribution in [0.1, 0.15) is 26.7 Å². The van der Waals surface area contributed by atoms with E-state index in [0.717, 1.165) is 5.75 Å². The fraction of sp³-hybridized carbons (Fsp3) is 0.714. The third-order valence-electron chi connectivity index (χ3n) is 1.03. The van der Waals surface area contributed by atoms with Crippen LogP contribution in [0.2, 0.25) is 0 Å². The maximum absolute atomic E-state index is 4.12. The van der Waals surface area contributed by atoms with E-state index in [4.69, 9.17) is 0 Å². The summed E-state index contributed by atoms with van der Waals surface area (Å²) < 4.78 is 0. The van der Waals surface area contributed by atoms with Crippen LogP contribution in [0.5, 0.6) is 0 Å². The Morgan fingerprint density at radius 3 is 2.62 bits per heavy atom. The van der Waals surface area contributed by atoms with Crippen molar-refractivity contribution in [3.05, 3.63) is 11.6 Å². The van der Waals surface area contributed by atoms with Gasteiger partial charge in [-0.2, -0.15) is 12.6 Å². The molecule has 0 N–H and O–H groups in total. The number of rotatable bonds is 3. The zero-order valence-electron chi connectivity index (χ0n) is 5.65. The van der Waals surface area contributed by atoms with Gasteiger partial charge in [-0.15, -0.1) is 0 Å². The minimum absolute atomic E-state index is 0.903. The first-order valence-electron chi connectivity index (χ1n) is 3.07. The van der Waals surface area contributed by atoms with Crippen molar-refractivity contribution in [3.8, 4) is 0 Å². The number of hydrogen-bond donors (Lipinski definition) is 1. The van der Waals surface area contributed by atoms with Crippen molar-refractivity contribution in [3.63, 3.8) is 0 Å².